The standard InChI is InChI=1S/C9H13NO4/c11-7-5-8(12)10(6-7)4-2-1-3-9(13)14/h1-6H2,(H,13,14). The van der Waals surface area contributed by atoms with E-state index in [2.05, 4.69) is 0 Å². The number of likely N-dealkylation sites (tertiary alicyclic amines) is 1. The maximum Gasteiger partial charge on any atom is 0.303 e. The highest BCUT2D eigenvalue weighted by molar-refractivity contribution is 6.05. The Balaban J connectivity index is 2.16. The largest absolute Gasteiger partial charge is 0.481 e. The molecule has 0 aromatic rings. The minimum Gasteiger partial charge on any atom is -0.481 e. The predicted octanol–water partition coefficient (Wildman–Crippen LogP) is 0.0427. The number of Topliss-reactive ketones (excluding diaryl/α,β-unsaturated/α-hetero) is 1. The van der Waals surface area contributed by atoms with Crippen LogP contribution in [0.15, 0.2) is 0 Å². The number of ketones is 1. The van der Waals surface area contributed by atoms with Gasteiger partial charge in [0.15, 0.2) is 5.78 Å². The molecule has 1 fully saturated rings. The molecule has 0 aromatic heterocycles. The molecule has 5 nitrogen and oxygen atoms in total. The Labute approximate surface area is 81.7 Å². The molecular weight excluding hydrogens is 186 g/mol. The molecule has 0 aromatic carbocycles. The molecule has 0 radical (unpaired) electrons. The minimum atomic E-state index is -0.825. The molecule has 1 heterocycles. The number of carboxylic acids is 1. The van der Waals surface area contributed by atoms with E-state index in [9.17, 15) is 14.4 Å². The van der Waals surface area contributed by atoms with Crippen molar-refractivity contribution in [1.82, 2.24) is 4.90 Å². The van der Waals surface area contributed by atoms with Crippen molar-refractivity contribution >= 4 is 17.7 Å². The van der Waals surface area contributed by atoms with Gasteiger partial charge in [0.2, 0.25) is 5.91 Å². The van der Waals surface area contributed by atoms with Gasteiger partial charge in [0.1, 0.15) is 0 Å². The van der Waals surface area contributed by atoms with Gasteiger partial charge in [-0.3, -0.25) is 14.4 Å². The number of carboxylic acid groups (broad SMARTS) is 1. The zero-order valence-corrected chi connectivity index (χ0v) is 7.86. The highest BCUT2D eigenvalue weighted by atomic mass is 16.4. The second kappa shape index (κ2) is 4.74. The van der Waals surface area contributed by atoms with E-state index in [0.29, 0.717) is 19.4 Å². The molecule has 0 atom stereocenters. The summed E-state index contributed by atoms with van der Waals surface area (Å²) in [7, 11) is 0. The van der Waals surface area contributed by atoms with Gasteiger partial charge in [0.05, 0.1) is 13.0 Å². The van der Waals surface area contributed by atoms with Crippen LogP contribution in [-0.2, 0) is 14.4 Å². The Morgan fingerprint density at radius 2 is 2.07 bits per heavy atom. The maximum absolute atomic E-state index is 11.1. The van der Waals surface area contributed by atoms with E-state index in [1.807, 2.05) is 0 Å². The number of nitrogens with zero attached hydrogens (tertiary/aromatic N) is 1. The summed E-state index contributed by atoms with van der Waals surface area (Å²) >= 11 is 0. The lowest BCUT2D eigenvalue weighted by Gasteiger charge is -2.13. The number of hydrogen-bond donors (Lipinski definition) is 1. The second-order valence-corrected chi connectivity index (χ2v) is 3.38. The normalized spacial score (nSPS) is 16.4. The average molecular weight is 199 g/mol. The number of amides is 1. The first-order valence-corrected chi connectivity index (χ1v) is 4.61. The summed E-state index contributed by atoms with van der Waals surface area (Å²) in [6, 6.07) is 0. The molecule has 1 aliphatic rings. The Kier molecular flexibility index (Phi) is 3.62. The highest BCUT2D eigenvalue weighted by Crippen LogP contribution is 2.08. The van der Waals surface area contributed by atoms with Gasteiger partial charge >= 0.3 is 5.97 Å². The van der Waals surface area contributed by atoms with Gasteiger partial charge < -0.3 is 10.0 Å². The van der Waals surface area contributed by atoms with E-state index in [-0.39, 0.29) is 31.1 Å². The van der Waals surface area contributed by atoms with Gasteiger partial charge in [-0.1, -0.05) is 0 Å². The van der Waals surface area contributed by atoms with Gasteiger partial charge in [0.25, 0.3) is 0 Å². The average Bonchev–Trinajstić information content (AvgIpc) is 2.39. The van der Waals surface area contributed by atoms with Gasteiger partial charge in [0, 0.05) is 13.0 Å². The lowest BCUT2D eigenvalue weighted by Crippen LogP contribution is -2.26. The molecule has 1 amide bonds. The van der Waals surface area contributed by atoms with Crippen molar-refractivity contribution in [3.63, 3.8) is 0 Å². The lowest BCUT2D eigenvalue weighted by atomic mass is 10.2. The first-order valence-electron chi connectivity index (χ1n) is 4.61. The summed E-state index contributed by atoms with van der Waals surface area (Å²) < 4.78 is 0. The first kappa shape index (κ1) is 10.7. The quantitative estimate of drug-likeness (QED) is 0.501. The molecule has 0 aliphatic carbocycles. The second-order valence-electron chi connectivity index (χ2n) is 3.38. The summed E-state index contributed by atoms with van der Waals surface area (Å²) in [6.45, 7) is 0.698. The third-order valence-corrected chi connectivity index (χ3v) is 2.14. The van der Waals surface area contributed by atoms with Gasteiger partial charge in [-0.05, 0) is 12.8 Å². The molecule has 1 N–H and O–H groups in total. The molecule has 1 rings (SSSR count). The fraction of sp³-hybridized carbons (Fsp3) is 0.667. The number of aliphatic carboxylic acids is 1. The molecule has 0 saturated carbocycles. The summed E-state index contributed by atoms with van der Waals surface area (Å²) in [5.41, 5.74) is 0. The summed E-state index contributed by atoms with van der Waals surface area (Å²) in [5, 5.41) is 8.36. The van der Waals surface area contributed by atoms with E-state index in [1.165, 1.54) is 4.90 Å². The van der Waals surface area contributed by atoms with Gasteiger partial charge in [-0.15, -0.1) is 0 Å². The van der Waals surface area contributed by atoms with Crippen LogP contribution in [0.3, 0.4) is 0 Å². The van der Waals surface area contributed by atoms with E-state index in [1.54, 1.807) is 0 Å². The molecule has 0 spiro atoms. The summed E-state index contributed by atoms with van der Waals surface area (Å²) in [5.74, 6) is -1.01. The number of unbranched alkanes of at least 4 members (excludes halogenated alkanes) is 1. The summed E-state index contributed by atoms with van der Waals surface area (Å²) in [6.07, 6.45) is 1.33. The molecule has 1 saturated heterocycles. The topological polar surface area (TPSA) is 74.7 Å². The Morgan fingerprint density at radius 3 is 2.57 bits per heavy atom. The zero-order valence-electron chi connectivity index (χ0n) is 7.86. The molecule has 1 aliphatic heterocycles. The Morgan fingerprint density at radius 1 is 1.36 bits per heavy atom. The number of carbonyl (C=O) groups excluding carboxylic acids is 2. The van der Waals surface area contributed by atoms with Crippen molar-refractivity contribution in [3.8, 4) is 0 Å². The van der Waals surface area contributed by atoms with Crippen molar-refractivity contribution < 1.29 is 19.5 Å². The van der Waals surface area contributed by atoms with Crippen LogP contribution in [0.25, 0.3) is 0 Å². The van der Waals surface area contributed by atoms with Gasteiger partial charge in [-0.25, -0.2) is 0 Å². The van der Waals surface area contributed by atoms with Crippen LogP contribution in [-0.4, -0.2) is 40.8 Å². The van der Waals surface area contributed by atoms with E-state index in [0.717, 1.165) is 0 Å². The Bertz CT molecular complexity index is 262. The maximum atomic E-state index is 11.1. The molecule has 0 bridgehead atoms. The van der Waals surface area contributed by atoms with E-state index < -0.39 is 5.97 Å². The van der Waals surface area contributed by atoms with Crippen LogP contribution >= 0.6 is 0 Å². The molecule has 5 heteroatoms. The molecule has 78 valence electrons. The first-order chi connectivity index (χ1) is 6.59. The van der Waals surface area contributed by atoms with Crippen LogP contribution in [0, 0.1) is 0 Å². The van der Waals surface area contributed by atoms with Crippen LogP contribution in [0.2, 0.25) is 0 Å². The molecule has 0 unspecified atom stereocenters. The third-order valence-electron chi connectivity index (χ3n) is 2.14. The monoisotopic (exact) mass is 199 g/mol. The third kappa shape index (κ3) is 3.16. The highest BCUT2D eigenvalue weighted by Gasteiger charge is 2.26. The van der Waals surface area contributed by atoms with Crippen LogP contribution < -0.4 is 0 Å². The predicted molar refractivity (Wildman–Crippen MR) is 47.7 cm³/mol. The van der Waals surface area contributed by atoms with Crippen LogP contribution in [0.5, 0.6) is 0 Å². The van der Waals surface area contributed by atoms with Crippen molar-refractivity contribution in [2.45, 2.75) is 25.7 Å². The van der Waals surface area contributed by atoms with E-state index in [4.69, 9.17) is 5.11 Å². The van der Waals surface area contributed by atoms with Crippen molar-refractivity contribution in [2.24, 2.45) is 0 Å². The fourth-order valence-electron chi connectivity index (χ4n) is 1.42. The number of carbonyl (C=O) groups is 3. The smallest absolute Gasteiger partial charge is 0.303 e. The summed E-state index contributed by atoms with van der Waals surface area (Å²) in [4.78, 5) is 33.6. The Hall–Kier alpha value is -1.39. The fourth-order valence-corrected chi connectivity index (χ4v) is 1.42. The molecule has 14 heavy (non-hydrogen) atoms. The van der Waals surface area contributed by atoms with Crippen LogP contribution in [0.1, 0.15) is 25.7 Å². The van der Waals surface area contributed by atoms with Crippen molar-refractivity contribution in [2.75, 3.05) is 13.1 Å². The van der Waals surface area contributed by atoms with Crippen molar-refractivity contribution in [3.05, 3.63) is 0 Å². The van der Waals surface area contributed by atoms with Gasteiger partial charge in [-0.2, -0.15) is 0 Å². The molecular formula is C9H13NO4. The van der Waals surface area contributed by atoms with E-state index >= 15 is 0 Å². The SMILES string of the molecule is O=C(O)CCCCN1CC(=O)CC1=O. The minimum absolute atomic E-state index is 0.0128. The van der Waals surface area contributed by atoms with Crippen LogP contribution in [0.4, 0.5) is 0 Å². The zero-order chi connectivity index (χ0) is 10.6. The number of hydrogen-bond acceptors (Lipinski definition) is 3. The number of rotatable bonds is 5. The lowest BCUT2D eigenvalue weighted by molar-refractivity contribution is -0.137. The van der Waals surface area contributed by atoms with Crippen molar-refractivity contribution in [1.29, 1.82) is 0 Å².